The normalized spacial score (nSPS) is 11.6. The van der Waals surface area contributed by atoms with Crippen molar-refractivity contribution in [3.05, 3.63) is 125 Å². The number of halogens is 1. The summed E-state index contributed by atoms with van der Waals surface area (Å²) in [5.41, 5.74) is 8.58. The zero-order valence-electron chi connectivity index (χ0n) is 25.0. The highest BCUT2D eigenvalue weighted by molar-refractivity contribution is 5.97. The summed E-state index contributed by atoms with van der Waals surface area (Å²) in [7, 11) is 0. The van der Waals surface area contributed by atoms with Crippen LogP contribution < -0.4 is 5.32 Å². The molecule has 2 heterocycles. The number of aryl methyl sites for hydroxylation is 3. The summed E-state index contributed by atoms with van der Waals surface area (Å²) < 4.78 is 5.73. The second-order valence-electron chi connectivity index (χ2n) is 11.0. The lowest BCUT2D eigenvalue weighted by Crippen LogP contribution is -2.39. The van der Waals surface area contributed by atoms with Crippen molar-refractivity contribution in [1.82, 2.24) is 15.3 Å². The third-order valence-corrected chi connectivity index (χ3v) is 7.65. The molecule has 0 saturated heterocycles. The summed E-state index contributed by atoms with van der Waals surface area (Å²) in [5, 5.41) is 14.0. The van der Waals surface area contributed by atoms with Crippen molar-refractivity contribution >= 4 is 35.2 Å². The summed E-state index contributed by atoms with van der Waals surface area (Å²) >= 11 is 0. The summed E-state index contributed by atoms with van der Waals surface area (Å²) in [6, 6.07) is 24.8. The third kappa shape index (κ3) is 8.34. The van der Waals surface area contributed by atoms with E-state index in [9.17, 15) is 14.7 Å². The first-order chi connectivity index (χ1) is 20.9. The number of esters is 1. The number of hydrogen-bond acceptors (Lipinski definition) is 5. The second-order valence-corrected chi connectivity index (χ2v) is 11.0. The summed E-state index contributed by atoms with van der Waals surface area (Å²) in [4.78, 5) is 32.7. The lowest BCUT2D eigenvalue weighted by atomic mass is 9.98. The molecule has 0 bridgehead atoms. The number of nitrogens with one attached hydrogen (secondary N) is 2. The van der Waals surface area contributed by atoms with Gasteiger partial charge in [0.15, 0.2) is 0 Å². The zero-order chi connectivity index (χ0) is 30.2. The Hall–Kier alpha value is -4.46. The van der Waals surface area contributed by atoms with Gasteiger partial charge in [0.05, 0.1) is 5.56 Å². The van der Waals surface area contributed by atoms with Crippen molar-refractivity contribution in [2.24, 2.45) is 0 Å². The van der Waals surface area contributed by atoms with E-state index in [4.69, 9.17) is 4.74 Å². The summed E-state index contributed by atoms with van der Waals surface area (Å²) in [6.07, 6.45) is 6.43. The van der Waals surface area contributed by atoms with Gasteiger partial charge in [-0.05, 0) is 104 Å². The lowest BCUT2D eigenvalue weighted by molar-refractivity contribution is -0.147. The van der Waals surface area contributed by atoms with Gasteiger partial charge in [-0.25, -0.2) is 4.79 Å². The third-order valence-electron chi connectivity index (χ3n) is 7.65. The van der Waals surface area contributed by atoms with Gasteiger partial charge in [0.2, 0.25) is 0 Å². The number of carboxylic acid groups (broad SMARTS) is 1. The van der Waals surface area contributed by atoms with Crippen LogP contribution in [0.5, 0.6) is 0 Å². The Morgan fingerprint density at radius 2 is 1.64 bits per heavy atom. The molecule has 0 saturated carbocycles. The number of aromatic nitrogens is 2. The van der Waals surface area contributed by atoms with Crippen LogP contribution in [0.3, 0.4) is 0 Å². The van der Waals surface area contributed by atoms with E-state index in [0.29, 0.717) is 19.4 Å². The largest absolute Gasteiger partial charge is 0.478 e. The van der Waals surface area contributed by atoms with Gasteiger partial charge in [-0.3, -0.25) is 9.78 Å². The monoisotopic (exact) mass is 611 g/mol. The molecule has 0 radical (unpaired) electrons. The van der Waals surface area contributed by atoms with Gasteiger partial charge in [-0.1, -0.05) is 47.5 Å². The van der Waals surface area contributed by atoms with E-state index in [0.717, 1.165) is 57.3 Å². The molecular formula is C36H38ClN3O4. The molecule has 0 spiro atoms. The number of fused-ring (bicyclic) bond motifs is 1. The number of nitrogens with zero attached hydrogens (tertiary/aromatic N) is 1. The van der Waals surface area contributed by atoms with Crippen LogP contribution >= 0.6 is 12.4 Å². The van der Waals surface area contributed by atoms with Crippen LogP contribution in [0.2, 0.25) is 0 Å². The summed E-state index contributed by atoms with van der Waals surface area (Å²) in [5.74, 6) is -1.24. The number of ether oxygens (including phenoxy) is 1. The number of carbonyl (C=O) groups is 2. The Morgan fingerprint density at radius 3 is 2.34 bits per heavy atom. The quantitative estimate of drug-likeness (QED) is 0.121. The number of carboxylic acids is 1. The molecule has 228 valence electrons. The molecule has 3 N–H and O–H groups in total. The molecule has 0 aliphatic rings. The van der Waals surface area contributed by atoms with Crippen molar-refractivity contribution in [2.45, 2.75) is 52.2 Å². The zero-order valence-corrected chi connectivity index (χ0v) is 25.8. The smallest absolute Gasteiger partial charge is 0.335 e. The summed E-state index contributed by atoms with van der Waals surface area (Å²) in [6.45, 7) is 4.88. The molecule has 0 amide bonds. The first-order valence-electron chi connectivity index (χ1n) is 14.7. The van der Waals surface area contributed by atoms with Gasteiger partial charge in [0, 0.05) is 35.5 Å². The van der Waals surface area contributed by atoms with Gasteiger partial charge < -0.3 is 20.1 Å². The van der Waals surface area contributed by atoms with Gasteiger partial charge in [0.1, 0.15) is 12.6 Å². The van der Waals surface area contributed by atoms with Crippen molar-refractivity contribution in [3.8, 4) is 11.3 Å². The molecule has 44 heavy (non-hydrogen) atoms. The van der Waals surface area contributed by atoms with Gasteiger partial charge in [-0.2, -0.15) is 0 Å². The number of H-pyrrole nitrogens is 1. The van der Waals surface area contributed by atoms with Crippen molar-refractivity contribution in [2.75, 3.05) is 6.54 Å². The number of pyridine rings is 1. The fourth-order valence-electron chi connectivity index (χ4n) is 5.57. The van der Waals surface area contributed by atoms with E-state index in [2.05, 4.69) is 47.3 Å². The molecule has 1 unspecified atom stereocenters. The van der Waals surface area contributed by atoms with E-state index in [1.165, 1.54) is 5.56 Å². The average molecular weight is 612 g/mol. The maximum atomic E-state index is 13.3. The Kier molecular flexibility index (Phi) is 11.3. The number of aromatic amines is 1. The first kappa shape index (κ1) is 32.5. The van der Waals surface area contributed by atoms with E-state index in [1.54, 1.807) is 24.5 Å². The van der Waals surface area contributed by atoms with Crippen LogP contribution in [0, 0.1) is 13.8 Å². The minimum Gasteiger partial charge on any atom is -0.478 e. The van der Waals surface area contributed by atoms with Crippen molar-refractivity contribution < 1.29 is 19.4 Å². The Bertz CT molecular complexity index is 1680. The van der Waals surface area contributed by atoms with Crippen LogP contribution in [0.25, 0.3) is 22.2 Å². The lowest BCUT2D eigenvalue weighted by Gasteiger charge is -2.18. The maximum absolute atomic E-state index is 13.3. The molecule has 1 atom stereocenters. The molecule has 2 aromatic heterocycles. The molecule has 8 heteroatoms. The van der Waals surface area contributed by atoms with Crippen molar-refractivity contribution in [3.63, 3.8) is 0 Å². The highest BCUT2D eigenvalue weighted by Gasteiger charge is 2.21. The second kappa shape index (κ2) is 15.3. The van der Waals surface area contributed by atoms with Crippen LogP contribution in [-0.4, -0.2) is 39.6 Å². The topological polar surface area (TPSA) is 104 Å². The Morgan fingerprint density at radius 1 is 0.909 bits per heavy atom. The van der Waals surface area contributed by atoms with E-state index in [-0.39, 0.29) is 30.5 Å². The predicted octanol–water partition coefficient (Wildman–Crippen LogP) is 7.23. The molecule has 3 aromatic carbocycles. The van der Waals surface area contributed by atoms with Crippen LogP contribution in [0.1, 0.15) is 51.0 Å². The first-order valence-corrected chi connectivity index (χ1v) is 14.7. The molecular weight excluding hydrogens is 574 g/mol. The highest BCUT2D eigenvalue weighted by Crippen LogP contribution is 2.32. The van der Waals surface area contributed by atoms with Crippen LogP contribution in [0.4, 0.5) is 0 Å². The van der Waals surface area contributed by atoms with Crippen LogP contribution in [-0.2, 0) is 29.0 Å². The van der Waals surface area contributed by atoms with Crippen molar-refractivity contribution in [1.29, 1.82) is 0 Å². The fraction of sp³-hybridized carbons (Fsp3) is 0.250. The molecule has 5 aromatic rings. The van der Waals surface area contributed by atoms with Gasteiger partial charge >= 0.3 is 11.9 Å². The van der Waals surface area contributed by atoms with Crippen LogP contribution in [0.15, 0.2) is 91.3 Å². The fourth-order valence-corrected chi connectivity index (χ4v) is 5.57. The molecule has 0 fully saturated rings. The van der Waals surface area contributed by atoms with Gasteiger partial charge in [0.25, 0.3) is 0 Å². The minimum atomic E-state index is -0.962. The average Bonchev–Trinajstić information content (AvgIpc) is 3.37. The van der Waals surface area contributed by atoms with E-state index >= 15 is 0 Å². The Labute approximate surface area is 264 Å². The number of carbonyl (C=O) groups excluding carboxylic acids is 1. The molecule has 5 rings (SSSR count). The number of rotatable bonds is 13. The van der Waals surface area contributed by atoms with E-state index in [1.807, 2.05) is 48.5 Å². The molecule has 0 aliphatic carbocycles. The Balaban J connectivity index is 0.00000442. The van der Waals surface area contributed by atoms with Gasteiger partial charge in [-0.15, -0.1) is 12.4 Å². The number of benzene rings is 3. The molecule has 7 nitrogen and oxygen atoms in total. The standard InChI is InChI=1S/C36H37N3O4.ClH/c1-24-19-25(2)21-29(20-24)34-30(31-22-28(35(40)41)11-12-32(31)39-34)15-18-38-33(10-6-9-26-13-16-37-17-14-26)36(42)43-23-27-7-4-3-5-8-27;/h3-5,7-8,11-14,16-17,19-22,33,38-39H,6,9-10,15,18,23H2,1-2H3,(H,40,41);1H. The molecule has 0 aliphatic heterocycles. The maximum Gasteiger partial charge on any atom is 0.335 e. The SMILES string of the molecule is Cc1cc(C)cc(-c2[nH]c3ccc(C(=O)O)cc3c2CCNC(CCCc2ccncc2)C(=O)OCc2ccccc2)c1.Cl. The predicted molar refractivity (Wildman–Crippen MR) is 176 cm³/mol. The number of aromatic carboxylic acids is 1. The minimum absolute atomic E-state index is 0. The number of hydrogen-bond donors (Lipinski definition) is 3. The highest BCUT2D eigenvalue weighted by atomic mass is 35.5. The van der Waals surface area contributed by atoms with E-state index < -0.39 is 12.0 Å².